The van der Waals surface area contributed by atoms with Gasteiger partial charge in [-0.2, -0.15) is 0 Å². The predicted molar refractivity (Wildman–Crippen MR) is 101 cm³/mol. The van der Waals surface area contributed by atoms with E-state index in [-0.39, 0.29) is 0 Å². The molecule has 0 fully saturated rings. The maximum atomic E-state index is 12.1. The summed E-state index contributed by atoms with van der Waals surface area (Å²) >= 11 is 3.37. The molecule has 24 heavy (non-hydrogen) atoms. The number of nitrogens with zero attached hydrogens (tertiary/aromatic N) is 1. The van der Waals surface area contributed by atoms with Crippen molar-refractivity contribution in [3.05, 3.63) is 34.9 Å². The van der Waals surface area contributed by atoms with Crippen molar-refractivity contribution in [1.82, 2.24) is 4.98 Å². The van der Waals surface area contributed by atoms with Crippen LogP contribution in [0.1, 0.15) is 20.8 Å². The van der Waals surface area contributed by atoms with E-state index in [2.05, 4.69) is 25.6 Å². The summed E-state index contributed by atoms with van der Waals surface area (Å²) in [7, 11) is -3.46. The molecule has 0 aliphatic heterocycles. The number of pyridine rings is 1. The average molecular weight is 414 g/mol. The standard InChI is InChI=1S/C16H20BrN3O3S/c1-4-23-14-6-11(15-7-12(17)9-19-16(15)18)5-13(8-14)20-24(21,22)10(2)3/h5-10,20H,4H2,1-3H3,(H2,18,19). The molecule has 0 bridgehead atoms. The zero-order valence-electron chi connectivity index (χ0n) is 13.7. The minimum absolute atomic E-state index is 0.351. The van der Waals surface area contributed by atoms with Crippen LogP contribution in [0, 0.1) is 0 Å². The lowest BCUT2D eigenvalue weighted by molar-refractivity contribution is 0.340. The van der Waals surface area contributed by atoms with Crippen LogP contribution in [0.15, 0.2) is 34.9 Å². The van der Waals surface area contributed by atoms with Crippen molar-refractivity contribution in [2.45, 2.75) is 26.0 Å². The maximum absolute atomic E-state index is 12.1. The molecule has 8 heteroatoms. The van der Waals surface area contributed by atoms with Crippen LogP contribution < -0.4 is 15.2 Å². The number of ether oxygens (including phenoxy) is 1. The molecule has 0 saturated heterocycles. The molecule has 0 amide bonds. The number of sulfonamides is 1. The minimum Gasteiger partial charge on any atom is -0.494 e. The van der Waals surface area contributed by atoms with Crippen molar-refractivity contribution < 1.29 is 13.2 Å². The summed E-state index contributed by atoms with van der Waals surface area (Å²) in [5, 5.41) is -0.547. The molecule has 0 radical (unpaired) electrons. The highest BCUT2D eigenvalue weighted by atomic mass is 79.9. The number of hydrogen-bond donors (Lipinski definition) is 2. The van der Waals surface area contributed by atoms with Crippen molar-refractivity contribution in [2.24, 2.45) is 0 Å². The molecule has 2 rings (SSSR count). The average Bonchev–Trinajstić information content (AvgIpc) is 2.49. The molecule has 0 aliphatic carbocycles. The molecule has 1 aromatic carbocycles. The molecular formula is C16H20BrN3O3S. The molecule has 6 nitrogen and oxygen atoms in total. The molecule has 0 aliphatic rings. The summed E-state index contributed by atoms with van der Waals surface area (Å²) in [5.41, 5.74) is 7.79. The van der Waals surface area contributed by atoms with Gasteiger partial charge in [-0.05, 0) is 60.5 Å². The second-order valence-electron chi connectivity index (χ2n) is 5.46. The number of nitrogens with two attached hydrogens (primary N) is 1. The van der Waals surface area contributed by atoms with Gasteiger partial charge in [-0.3, -0.25) is 4.72 Å². The number of benzene rings is 1. The highest BCUT2D eigenvalue weighted by Gasteiger charge is 2.17. The summed E-state index contributed by atoms with van der Waals surface area (Å²) in [4.78, 5) is 4.11. The van der Waals surface area contributed by atoms with E-state index in [9.17, 15) is 8.42 Å². The van der Waals surface area contributed by atoms with E-state index >= 15 is 0 Å². The third kappa shape index (κ3) is 4.39. The third-order valence-electron chi connectivity index (χ3n) is 3.29. The number of anilines is 2. The van der Waals surface area contributed by atoms with Gasteiger partial charge in [0, 0.05) is 22.3 Å². The van der Waals surface area contributed by atoms with Crippen LogP contribution in [0.2, 0.25) is 0 Å². The summed E-state index contributed by atoms with van der Waals surface area (Å²) < 4.78 is 33.2. The van der Waals surface area contributed by atoms with Crippen molar-refractivity contribution in [3.8, 4) is 16.9 Å². The van der Waals surface area contributed by atoms with Gasteiger partial charge in [0.25, 0.3) is 0 Å². The van der Waals surface area contributed by atoms with E-state index in [1.54, 1.807) is 38.2 Å². The Balaban J connectivity index is 2.54. The highest BCUT2D eigenvalue weighted by molar-refractivity contribution is 9.10. The molecule has 3 N–H and O–H groups in total. The fourth-order valence-electron chi connectivity index (χ4n) is 2.03. The fraction of sp³-hybridized carbons (Fsp3) is 0.312. The van der Waals surface area contributed by atoms with Gasteiger partial charge in [-0.1, -0.05) is 0 Å². The molecule has 130 valence electrons. The van der Waals surface area contributed by atoms with Crippen LogP contribution >= 0.6 is 15.9 Å². The van der Waals surface area contributed by atoms with Crippen LogP contribution in [-0.4, -0.2) is 25.3 Å². The number of hydrogen-bond acceptors (Lipinski definition) is 5. The van der Waals surface area contributed by atoms with Crippen LogP contribution in [-0.2, 0) is 10.0 Å². The van der Waals surface area contributed by atoms with Gasteiger partial charge in [0.05, 0.1) is 17.5 Å². The number of halogens is 1. The van der Waals surface area contributed by atoms with E-state index in [1.807, 2.05) is 13.0 Å². The van der Waals surface area contributed by atoms with Gasteiger partial charge in [0.2, 0.25) is 10.0 Å². The first-order chi connectivity index (χ1) is 11.2. The molecule has 2 aromatic rings. The van der Waals surface area contributed by atoms with Crippen LogP contribution in [0.25, 0.3) is 11.1 Å². The SMILES string of the molecule is CCOc1cc(NS(=O)(=O)C(C)C)cc(-c2cc(Br)cnc2N)c1. The predicted octanol–water partition coefficient (Wildman–Crippen LogP) is 3.64. The molecule has 0 spiro atoms. The minimum atomic E-state index is -3.46. The first kappa shape index (κ1) is 18.5. The van der Waals surface area contributed by atoms with Gasteiger partial charge in [0.1, 0.15) is 11.6 Å². The number of aromatic nitrogens is 1. The van der Waals surface area contributed by atoms with Crippen molar-refractivity contribution >= 4 is 37.5 Å². The van der Waals surface area contributed by atoms with Crippen LogP contribution in [0.5, 0.6) is 5.75 Å². The van der Waals surface area contributed by atoms with Gasteiger partial charge in [-0.15, -0.1) is 0 Å². The molecule has 0 saturated carbocycles. The third-order valence-corrected chi connectivity index (χ3v) is 5.49. The lowest BCUT2D eigenvalue weighted by atomic mass is 10.1. The van der Waals surface area contributed by atoms with E-state index in [0.29, 0.717) is 35.0 Å². The Morgan fingerprint density at radius 2 is 2.00 bits per heavy atom. The summed E-state index contributed by atoms with van der Waals surface area (Å²) in [6, 6.07) is 6.99. The lowest BCUT2D eigenvalue weighted by Crippen LogP contribution is -2.22. The quantitative estimate of drug-likeness (QED) is 0.753. The fourth-order valence-corrected chi connectivity index (χ4v) is 3.04. The topological polar surface area (TPSA) is 94.3 Å². The van der Waals surface area contributed by atoms with Gasteiger partial charge in [-0.25, -0.2) is 13.4 Å². The Kier molecular flexibility index (Phi) is 5.71. The normalized spacial score (nSPS) is 11.5. The van der Waals surface area contributed by atoms with E-state index in [4.69, 9.17) is 10.5 Å². The Morgan fingerprint density at radius 1 is 1.29 bits per heavy atom. The van der Waals surface area contributed by atoms with Gasteiger partial charge >= 0.3 is 0 Å². The number of rotatable bonds is 6. The summed E-state index contributed by atoms with van der Waals surface area (Å²) in [6.45, 7) is 5.56. The zero-order valence-corrected chi connectivity index (χ0v) is 16.1. The van der Waals surface area contributed by atoms with E-state index in [1.165, 1.54) is 0 Å². The van der Waals surface area contributed by atoms with Crippen molar-refractivity contribution in [3.63, 3.8) is 0 Å². The van der Waals surface area contributed by atoms with Gasteiger partial charge < -0.3 is 10.5 Å². The van der Waals surface area contributed by atoms with Crippen molar-refractivity contribution in [1.29, 1.82) is 0 Å². The number of nitrogen functional groups attached to an aromatic ring is 1. The van der Waals surface area contributed by atoms with Gasteiger partial charge in [0.15, 0.2) is 0 Å². The Hall–Kier alpha value is -1.80. The molecule has 0 atom stereocenters. The van der Waals surface area contributed by atoms with E-state index in [0.717, 1.165) is 4.47 Å². The second kappa shape index (κ2) is 7.40. The Labute approximate surface area is 150 Å². The van der Waals surface area contributed by atoms with Crippen LogP contribution in [0.3, 0.4) is 0 Å². The van der Waals surface area contributed by atoms with Crippen LogP contribution in [0.4, 0.5) is 11.5 Å². The monoisotopic (exact) mass is 413 g/mol. The molecule has 1 aromatic heterocycles. The summed E-state index contributed by atoms with van der Waals surface area (Å²) in [6.07, 6.45) is 1.60. The first-order valence-electron chi connectivity index (χ1n) is 7.44. The zero-order chi connectivity index (χ0) is 17.9. The Morgan fingerprint density at radius 3 is 2.62 bits per heavy atom. The first-order valence-corrected chi connectivity index (χ1v) is 9.77. The highest BCUT2D eigenvalue weighted by Crippen LogP contribution is 2.33. The maximum Gasteiger partial charge on any atom is 0.235 e. The Bertz CT molecular complexity index is 838. The molecule has 0 unspecified atom stereocenters. The number of nitrogens with one attached hydrogen (secondary N) is 1. The smallest absolute Gasteiger partial charge is 0.235 e. The van der Waals surface area contributed by atoms with E-state index < -0.39 is 15.3 Å². The van der Waals surface area contributed by atoms with Crippen molar-refractivity contribution in [2.75, 3.05) is 17.1 Å². The molecular weight excluding hydrogens is 394 g/mol. The largest absolute Gasteiger partial charge is 0.494 e. The lowest BCUT2D eigenvalue weighted by Gasteiger charge is -2.15. The summed E-state index contributed by atoms with van der Waals surface area (Å²) in [5.74, 6) is 0.903. The second-order valence-corrected chi connectivity index (χ2v) is 8.61. The molecule has 1 heterocycles.